The van der Waals surface area contributed by atoms with Gasteiger partial charge in [0.2, 0.25) is 0 Å². The van der Waals surface area contributed by atoms with Gasteiger partial charge >= 0.3 is 0 Å². The fourth-order valence-corrected chi connectivity index (χ4v) is 3.15. The van der Waals surface area contributed by atoms with E-state index in [2.05, 4.69) is 22.2 Å². The van der Waals surface area contributed by atoms with Crippen molar-refractivity contribution in [2.24, 2.45) is 0 Å². The minimum atomic E-state index is 0.0145. The Labute approximate surface area is 134 Å². The number of halogens is 1. The third-order valence-electron chi connectivity index (χ3n) is 4.26. The number of hydrogen-bond donors (Lipinski definition) is 2. The van der Waals surface area contributed by atoms with Gasteiger partial charge in [0, 0.05) is 24.3 Å². The Bertz CT molecular complexity index is 725. The van der Waals surface area contributed by atoms with E-state index in [1.165, 1.54) is 0 Å². The molecule has 1 aromatic carbocycles. The minimum Gasteiger partial charge on any atom is -0.387 e. The van der Waals surface area contributed by atoms with Crippen LogP contribution in [0, 0.1) is 6.92 Å². The molecular formula is C16H19ClN4O. The molecule has 5 nitrogen and oxygen atoms in total. The van der Waals surface area contributed by atoms with E-state index in [9.17, 15) is 4.79 Å². The summed E-state index contributed by atoms with van der Waals surface area (Å²) < 4.78 is 0. The maximum absolute atomic E-state index is 12.8. The van der Waals surface area contributed by atoms with Crippen molar-refractivity contribution in [3.8, 4) is 0 Å². The van der Waals surface area contributed by atoms with Crippen LogP contribution >= 0.6 is 11.6 Å². The lowest BCUT2D eigenvalue weighted by Crippen LogP contribution is -2.43. The first-order chi connectivity index (χ1) is 10.5. The van der Waals surface area contributed by atoms with Crippen LogP contribution in [0.2, 0.25) is 5.02 Å². The molecular weight excluding hydrogens is 300 g/mol. The van der Waals surface area contributed by atoms with E-state index in [1.807, 2.05) is 24.9 Å². The summed E-state index contributed by atoms with van der Waals surface area (Å²) in [5, 5.41) is 3.63. The highest BCUT2D eigenvalue weighted by Gasteiger charge is 2.31. The Morgan fingerprint density at radius 3 is 2.91 bits per heavy atom. The molecule has 1 unspecified atom stereocenters. The smallest absolute Gasteiger partial charge is 0.254 e. The molecule has 1 atom stereocenters. The lowest BCUT2D eigenvalue weighted by Gasteiger charge is -2.34. The molecule has 0 aliphatic carbocycles. The summed E-state index contributed by atoms with van der Waals surface area (Å²) >= 11 is 6.23. The van der Waals surface area contributed by atoms with Gasteiger partial charge in [-0.25, -0.2) is 4.98 Å². The Hall–Kier alpha value is -2.01. The molecule has 0 fully saturated rings. The second kappa shape index (κ2) is 5.65. The highest BCUT2D eigenvalue weighted by molar-refractivity contribution is 6.33. The van der Waals surface area contributed by atoms with Gasteiger partial charge in [-0.2, -0.15) is 0 Å². The van der Waals surface area contributed by atoms with E-state index in [4.69, 9.17) is 11.6 Å². The number of imidazole rings is 1. The largest absolute Gasteiger partial charge is 0.387 e. The quantitative estimate of drug-likeness (QED) is 0.914. The first-order valence-electron chi connectivity index (χ1n) is 7.31. The summed E-state index contributed by atoms with van der Waals surface area (Å²) in [6.45, 7) is 4.54. The third-order valence-corrected chi connectivity index (χ3v) is 4.57. The number of carbonyl (C=O) groups is 1. The number of amides is 1. The molecule has 0 spiro atoms. The fourth-order valence-electron chi connectivity index (χ4n) is 2.90. The lowest BCUT2D eigenvalue weighted by molar-refractivity contribution is 0.0647. The van der Waals surface area contributed by atoms with Crippen LogP contribution < -0.4 is 5.32 Å². The van der Waals surface area contributed by atoms with Gasteiger partial charge < -0.3 is 15.2 Å². The topological polar surface area (TPSA) is 61.0 Å². The van der Waals surface area contributed by atoms with Gasteiger partial charge in [-0.15, -0.1) is 0 Å². The van der Waals surface area contributed by atoms with Crippen LogP contribution in [-0.2, 0) is 13.0 Å². The molecule has 2 N–H and O–H groups in total. The van der Waals surface area contributed by atoms with E-state index in [0.29, 0.717) is 17.1 Å². The molecule has 0 radical (unpaired) electrons. The van der Waals surface area contributed by atoms with E-state index in [-0.39, 0.29) is 11.9 Å². The maximum atomic E-state index is 12.8. The first kappa shape index (κ1) is 14.9. The number of aromatic nitrogens is 2. The van der Waals surface area contributed by atoms with Crippen molar-refractivity contribution in [1.82, 2.24) is 14.9 Å². The van der Waals surface area contributed by atoms with E-state index >= 15 is 0 Å². The van der Waals surface area contributed by atoms with Crippen molar-refractivity contribution < 1.29 is 4.79 Å². The van der Waals surface area contributed by atoms with Crippen molar-refractivity contribution in [3.63, 3.8) is 0 Å². The Kier molecular flexibility index (Phi) is 3.83. The number of aryl methyl sites for hydroxylation is 1. The van der Waals surface area contributed by atoms with Gasteiger partial charge in [-0.3, -0.25) is 4.79 Å². The average molecular weight is 319 g/mol. The molecule has 0 saturated carbocycles. The second-order valence-corrected chi connectivity index (χ2v) is 6.11. The normalized spacial score (nSPS) is 17.5. The van der Waals surface area contributed by atoms with Crippen LogP contribution in [0.15, 0.2) is 18.5 Å². The summed E-state index contributed by atoms with van der Waals surface area (Å²) in [6.07, 6.45) is 2.48. The van der Waals surface area contributed by atoms with E-state index < -0.39 is 0 Å². The molecule has 22 heavy (non-hydrogen) atoms. The number of carbonyl (C=O) groups excluding carboxylic acids is 1. The molecule has 2 aromatic rings. The SMILES string of the molecule is CNc1cc2c(cc1Cl)C(=O)N(Cc1nc[nH]c1C)C(C)C2. The van der Waals surface area contributed by atoms with Crippen LogP contribution in [0.1, 0.15) is 34.2 Å². The van der Waals surface area contributed by atoms with Crippen LogP contribution in [0.5, 0.6) is 0 Å². The number of hydrogen-bond acceptors (Lipinski definition) is 3. The summed E-state index contributed by atoms with van der Waals surface area (Å²) in [5.74, 6) is 0.0145. The van der Waals surface area contributed by atoms with Gasteiger partial charge in [0.25, 0.3) is 5.91 Å². The number of H-pyrrole nitrogens is 1. The van der Waals surface area contributed by atoms with Gasteiger partial charge in [0.1, 0.15) is 0 Å². The number of fused-ring (bicyclic) bond motifs is 1. The predicted molar refractivity (Wildman–Crippen MR) is 87.4 cm³/mol. The van der Waals surface area contributed by atoms with E-state index in [0.717, 1.165) is 29.1 Å². The molecule has 1 aliphatic rings. The Morgan fingerprint density at radius 1 is 1.50 bits per heavy atom. The Balaban J connectivity index is 1.95. The van der Waals surface area contributed by atoms with Crippen molar-refractivity contribution in [2.45, 2.75) is 32.9 Å². The molecule has 2 heterocycles. The van der Waals surface area contributed by atoms with Crippen LogP contribution in [-0.4, -0.2) is 33.9 Å². The number of anilines is 1. The van der Waals surface area contributed by atoms with Crippen molar-refractivity contribution in [2.75, 3.05) is 12.4 Å². The monoisotopic (exact) mass is 318 g/mol. The van der Waals surface area contributed by atoms with Crippen molar-refractivity contribution in [1.29, 1.82) is 0 Å². The number of aromatic amines is 1. The van der Waals surface area contributed by atoms with Gasteiger partial charge in [0.15, 0.2) is 0 Å². The molecule has 0 saturated heterocycles. The summed E-state index contributed by atoms with van der Waals surface area (Å²) in [7, 11) is 1.83. The maximum Gasteiger partial charge on any atom is 0.254 e. The average Bonchev–Trinajstić information content (AvgIpc) is 2.89. The zero-order chi connectivity index (χ0) is 15.9. The third kappa shape index (κ3) is 2.46. The Morgan fingerprint density at radius 2 is 2.27 bits per heavy atom. The molecule has 1 aliphatic heterocycles. The summed E-state index contributed by atoms with van der Waals surface area (Å²) in [5.41, 5.74) is 4.49. The number of rotatable bonds is 3. The number of nitrogens with zero attached hydrogens (tertiary/aromatic N) is 2. The van der Waals surface area contributed by atoms with Gasteiger partial charge in [-0.1, -0.05) is 11.6 Å². The molecule has 1 amide bonds. The van der Waals surface area contributed by atoms with Crippen LogP contribution in [0.3, 0.4) is 0 Å². The van der Waals surface area contributed by atoms with Gasteiger partial charge in [-0.05, 0) is 38.0 Å². The van der Waals surface area contributed by atoms with Crippen LogP contribution in [0.25, 0.3) is 0 Å². The molecule has 1 aromatic heterocycles. The summed E-state index contributed by atoms with van der Waals surface area (Å²) in [6, 6.07) is 3.87. The second-order valence-electron chi connectivity index (χ2n) is 5.70. The molecule has 0 bridgehead atoms. The number of nitrogens with one attached hydrogen (secondary N) is 2. The number of benzene rings is 1. The fraction of sp³-hybridized carbons (Fsp3) is 0.375. The minimum absolute atomic E-state index is 0.0145. The van der Waals surface area contributed by atoms with Crippen molar-refractivity contribution in [3.05, 3.63) is 46.0 Å². The molecule has 3 rings (SSSR count). The zero-order valence-corrected chi connectivity index (χ0v) is 13.7. The standard InChI is InChI=1S/C16H19ClN4O/c1-9-4-11-5-14(18-3)13(17)6-12(11)16(22)21(9)7-15-10(2)19-8-20-15/h5-6,8-9,18H,4,7H2,1-3H3,(H,19,20). The first-order valence-corrected chi connectivity index (χ1v) is 7.69. The molecule has 116 valence electrons. The lowest BCUT2D eigenvalue weighted by atomic mass is 9.93. The highest BCUT2D eigenvalue weighted by atomic mass is 35.5. The van der Waals surface area contributed by atoms with E-state index in [1.54, 1.807) is 12.4 Å². The predicted octanol–water partition coefficient (Wildman–Crippen LogP) is 3.00. The van der Waals surface area contributed by atoms with Gasteiger partial charge in [0.05, 0.1) is 29.3 Å². The van der Waals surface area contributed by atoms with Crippen molar-refractivity contribution >= 4 is 23.2 Å². The highest BCUT2D eigenvalue weighted by Crippen LogP contribution is 2.32. The van der Waals surface area contributed by atoms with Crippen LogP contribution in [0.4, 0.5) is 5.69 Å². The zero-order valence-electron chi connectivity index (χ0n) is 12.9. The molecule has 6 heteroatoms. The summed E-state index contributed by atoms with van der Waals surface area (Å²) in [4.78, 5) is 22.0.